The van der Waals surface area contributed by atoms with Crippen molar-refractivity contribution in [2.75, 3.05) is 16.6 Å². The largest absolute Gasteiger partial charge is 0.480 e. The highest BCUT2D eigenvalue weighted by molar-refractivity contribution is 7.93. The summed E-state index contributed by atoms with van der Waals surface area (Å²) in [5.41, 5.74) is 0.0820. The van der Waals surface area contributed by atoms with Gasteiger partial charge in [-0.2, -0.15) is 0 Å². The fourth-order valence-corrected chi connectivity index (χ4v) is 4.87. The molecule has 3 aromatic rings. The van der Waals surface area contributed by atoms with Crippen LogP contribution in [0.3, 0.4) is 0 Å². The summed E-state index contributed by atoms with van der Waals surface area (Å²) in [5.74, 6) is -0.482. The first-order valence-electron chi connectivity index (χ1n) is 8.09. The summed E-state index contributed by atoms with van der Waals surface area (Å²) < 4.78 is 72.2. The zero-order valence-electron chi connectivity index (χ0n) is 15.2. The molecule has 0 bridgehead atoms. The van der Waals surface area contributed by atoms with Gasteiger partial charge in [0.2, 0.25) is 5.88 Å². The van der Waals surface area contributed by atoms with Crippen LogP contribution < -0.4 is 14.2 Å². The SMILES string of the molecule is COc1ccc(NS(=O)(=O)c2ccc(NS(=O)(=O)c3ccc(F)cc3Cl)cc2)nn1. The molecule has 0 atom stereocenters. The summed E-state index contributed by atoms with van der Waals surface area (Å²) >= 11 is 5.80. The molecule has 0 spiro atoms. The van der Waals surface area contributed by atoms with Gasteiger partial charge >= 0.3 is 0 Å². The highest BCUT2D eigenvalue weighted by atomic mass is 35.5. The normalized spacial score (nSPS) is 11.7. The van der Waals surface area contributed by atoms with Gasteiger partial charge in [-0.15, -0.1) is 10.2 Å². The van der Waals surface area contributed by atoms with Crippen molar-refractivity contribution >= 4 is 43.2 Å². The van der Waals surface area contributed by atoms with E-state index in [4.69, 9.17) is 16.3 Å². The lowest BCUT2D eigenvalue weighted by Gasteiger charge is -2.11. The van der Waals surface area contributed by atoms with Crippen molar-refractivity contribution in [1.29, 1.82) is 0 Å². The number of hydrogen-bond donors (Lipinski definition) is 2. The van der Waals surface area contributed by atoms with Crippen molar-refractivity contribution in [3.8, 4) is 5.88 Å². The third kappa shape index (κ3) is 4.96. The minimum absolute atomic E-state index is 0.0217. The van der Waals surface area contributed by atoms with Crippen LogP contribution in [0.1, 0.15) is 0 Å². The van der Waals surface area contributed by atoms with Gasteiger partial charge in [0.15, 0.2) is 5.82 Å². The molecule has 1 heterocycles. The smallest absolute Gasteiger partial charge is 0.263 e. The number of methoxy groups -OCH3 is 1. The molecule has 1 aromatic heterocycles. The van der Waals surface area contributed by atoms with Crippen LogP contribution in [0, 0.1) is 5.82 Å². The van der Waals surface area contributed by atoms with E-state index >= 15 is 0 Å². The van der Waals surface area contributed by atoms with Gasteiger partial charge in [0.05, 0.1) is 17.0 Å². The zero-order chi connectivity index (χ0) is 21.9. The average Bonchev–Trinajstić information content (AvgIpc) is 2.68. The topological polar surface area (TPSA) is 127 Å². The first-order chi connectivity index (χ1) is 14.1. The van der Waals surface area contributed by atoms with Crippen LogP contribution in [0.15, 0.2) is 64.4 Å². The molecule has 13 heteroatoms. The van der Waals surface area contributed by atoms with E-state index < -0.39 is 25.9 Å². The van der Waals surface area contributed by atoms with Gasteiger partial charge < -0.3 is 4.74 Å². The second-order valence-electron chi connectivity index (χ2n) is 5.77. The fourth-order valence-electron chi connectivity index (χ4n) is 2.29. The van der Waals surface area contributed by atoms with E-state index in [1.54, 1.807) is 0 Å². The maximum absolute atomic E-state index is 13.1. The Hall–Kier alpha value is -2.96. The Morgan fingerprint density at radius 3 is 2.17 bits per heavy atom. The standard InChI is InChI=1S/C17H14ClFN4O5S2/c1-28-17-9-8-16(20-21-17)23-29(24,25)13-5-3-12(4-6-13)22-30(26,27)15-7-2-11(19)10-14(15)18/h2-10,22H,1H3,(H,20,23). The maximum atomic E-state index is 13.1. The predicted molar refractivity (Wildman–Crippen MR) is 108 cm³/mol. The summed E-state index contributed by atoms with van der Waals surface area (Å²) in [7, 11) is -6.70. The van der Waals surface area contributed by atoms with Crippen LogP contribution in [0.4, 0.5) is 15.9 Å². The van der Waals surface area contributed by atoms with Gasteiger partial charge in [-0.05, 0) is 48.5 Å². The number of sulfonamides is 2. The Kier molecular flexibility index (Phi) is 6.10. The molecule has 0 radical (unpaired) electrons. The number of nitrogens with one attached hydrogen (secondary N) is 2. The van der Waals surface area contributed by atoms with Gasteiger partial charge in [0, 0.05) is 11.8 Å². The molecule has 0 unspecified atom stereocenters. The van der Waals surface area contributed by atoms with E-state index in [9.17, 15) is 21.2 Å². The fraction of sp³-hybridized carbons (Fsp3) is 0.0588. The molecule has 0 aliphatic carbocycles. The second kappa shape index (κ2) is 8.42. The summed E-state index contributed by atoms with van der Waals surface area (Å²) in [6.45, 7) is 0. The maximum Gasteiger partial charge on any atom is 0.263 e. The van der Waals surface area contributed by atoms with Gasteiger partial charge in [-0.1, -0.05) is 11.6 Å². The minimum Gasteiger partial charge on any atom is -0.480 e. The number of anilines is 2. The Bertz CT molecular complexity index is 1270. The molecule has 9 nitrogen and oxygen atoms in total. The summed E-state index contributed by atoms with van der Waals surface area (Å²) in [6, 6.07) is 10.6. The molecule has 3 rings (SSSR count). The monoisotopic (exact) mass is 472 g/mol. The molecule has 2 aromatic carbocycles. The molecule has 30 heavy (non-hydrogen) atoms. The number of halogens is 2. The molecular weight excluding hydrogens is 459 g/mol. The lowest BCUT2D eigenvalue weighted by molar-refractivity contribution is 0.392. The van der Waals surface area contributed by atoms with E-state index in [2.05, 4.69) is 19.6 Å². The van der Waals surface area contributed by atoms with Crippen molar-refractivity contribution < 1.29 is 26.0 Å². The predicted octanol–water partition coefficient (Wildman–Crippen LogP) is 2.88. The van der Waals surface area contributed by atoms with Crippen LogP contribution in [0.2, 0.25) is 5.02 Å². The van der Waals surface area contributed by atoms with E-state index in [0.717, 1.165) is 18.2 Å². The third-order valence-corrected chi connectivity index (χ3v) is 6.92. The van der Waals surface area contributed by atoms with Crippen LogP contribution in [-0.2, 0) is 20.0 Å². The first-order valence-corrected chi connectivity index (χ1v) is 11.4. The molecule has 0 amide bonds. The average molecular weight is 473 g/mol. The van der Waals surface area contributed by atoms with Gasteiger partial charge in [0.25, 0.3) is 20.0 Å². The van der Waals surface area contributed by atoms with Crippen molar-refractivity contribution in [2.45, 2.75) is 9.79 Å². The highest BCUT2D eigenvalue weighted by Gasteiger charge is 2.20. The number of benzene rings is 2. The third-order valence-electron chi connectivity index (χ3n) is 3.69. The lowest BCUT2D eigenvalue weighted by Crippen LogP contribution is -2.15. The molecule has 2 N–H and O–H groups in total. The van der Waals surface area contributed by atoms with E-state index in [1.807, 2.05) is 0 Å². The number of nitrogens with zero attached hydrogens (tertiary/aromatic N) is 2. The highest BCUT2D eigenvalue weighted by Crippen LogP contribution is 2.25. The minimum atomic E-state index is -4.11. The Morgan fingerprint density at radius 1 is 0.900 bits per heavy atom. The quantitative estimate of drug-likeness (QED) is 0.541. The molecule has 0 fully saturated rings. The number of aromatic nitrogens is 2. The van der Waals surface area contributed by atoms with E-state index in [-0.39, 0.29) is 32.2 Å². The van der Waals surface area contributed by atoms with Crippen LogP contribution in [0.25, 0.3) is 0 Å². The van der Waals surface area contributed by atoms with Crippen LogP contribution >= 0.6 is 11.6 Å². The molecule has 0 saturated carbocycles. The van der Waals surface area contributed by atoms with Crippen molar-refractivity contribution in [2.24, 2.45) is 0 Å². The van der Waals surface area contributed by atoms with Crippen LogP contribution in [-0.4, -0.2) is 34.1 Å². The molecular formula is C17H14ClFN4O5S2. The van der Waals surface area contributed by atoms with Crippen molar-refractivity contribution in [3.63, 3.8) is 0 Å². The summed E-state index contributed by atoms with van der Waals surface area (Å²) in [6.07, 6.45) is 0. The molecule has 0 aliphatic heterocycles. The molecule has 0 aliphatic rings. The van der Waals surface area contributed by atoms with Gasteiger partial charge in [-0.3, -0.25) is 9.44 Å². The number of ether oxygens (including phenoxy) is 1. The number of rotatable bonds is 7. The van der Waals surface area contributed by atoms with Crippen molar-refractivity contribution in [3.05, 3.63) is 65.4 Å². The second-order valence-corrected chi connectivity index (χ2v) is 9.51. The zero-order valence-corrected chi connectivity index (χ0v) is 17.6. The first kappa shape index (κ1) is 21.7. The number of hydrogen-bond acceptors (Lipinski definition) is 7. The Labute approximate surface area is 177 Å². The van der Waals surface area contributed by atoms with E-state index in [1.165, 1.54) is 43.5 Å². The Morgan fingerprint density at radius 2 is 1.60 bits per heavy atom. The summed E-state index contributed by atoms with van der Waals surface area (Å²) in [4.78, 5) is -0.454. The van der Waals surface area contributed by atoms with Gasteiger partial charge in [-0.25, -0.2) is 21.2 Å². The molecule has 158 valence electrons. The van der Waals surface area contributed by atoms with Crippen molar-refractivity contribution in [1.82, 2.24) is 10.2 Å². The van der Waals surface area contributed by atoms with E-state index in [0.29, 0.717) is 0 Å². The summed E-state index contributed by atoms with van der Waals surface area (Å²) in [5, 5.41) is 7.05. The Balaban J connectivity index is 1.78. The van der Waals surface area contributed by atoms with Gasteiger partial charge in [0.1, 0.15) is 10.7 Å². The van der Waals surface area contributed by atoms with Crippen LogP contribution in [0.5, 0.6) is 5.88 Å². The lowest BCUT2D eigenvalue weighted by atomic mass is 10.3. The molecule has 0 saturated heterocycles.